The second-order valence-electron chi connectivity index (χ2n) is 5.83. The van der Waals surface area contributed by atoms with Gasteiger partial charge in [0.15, 0.2) is 0 Å². The number of aliphatic hydroxyl groups is 1. The van der Waals surface area contributed by atoms with Crippen LogP contribution in [0.5, 0.6) is 0 Å². The van der Waals surface area contributed by atoms with E-state index >= 15 is 0 Å². The predicted octanol–water partition coefficient (Wildman–Crippen LogP) is 2.87. The van der Waals surface area contributed by atoms with E-state index in [0.717, 1.165) is 25.2 Å². The lowest BCUT2D eigenvalue weighted by atomic mass is 9.83. The normalized spacial score (nSPS) is 17.1. The van der Waals surface area contributed by atoms with Crippen molar-refractivity contribution in [3.63, 3.8) is 0 Å². The Bertz CT molecular complexity index is 235. The Kier molecular flexibility index (Phi) is 6.69. The summed E-state index contributed by atoms with van der Waals surface area (Å²) < 4.78 is 0. The maximum Gasteiger partial charge on any atom is 0.220 e. The molecule has 0 bridgehead atoms. The second-order valence-corrected chi connectivity index (χ2v) is 5.83. The van der Waals surface area contributed by atoms with Gasteiger partial charge in [-0.3, -0.25) is 4.79 Å². The minimum atomic E-state index is -0.122. The maximum atomic E-state index is 11.8. The number of hydrogen-bond acceptors (Lipinski definition) is 2. The molecule has 3 heteroatoms. The van der Waals surface area contributed by atoms with Crippen LogP contribution in [0.3, 0.4) is 0 Å². The zero-order valence-corrected chi connectivity index (χ0v) is 12.0. The standard InChI is InChI=1S/C15H29NO2/c1-3-15(4-2,12-17)11-16-14(18)10-9-13-7-5-6-8-13/h13,17H,3-12H2,1-2H3,(H,16,18). The topological polar surface area (TPSA) is 49.3 Å². The third-order valence-electron chi connectivity index (χ3n) is 4.75. The molecule has 0 saturated heterocycles. The molecule has 18 heavy (non-hydrogen) atoms. The van der Waals surface area contributed by atoms with Gasteiger partial charge in [-0.05, 0) is 25.2 Å². The van der Waals surface area contributed by atoms with Crippen molar-refractivity contribution in [2.45, 2.75) is 65.2 Å². The molecule has 0 spiro atoms. The number of carbonyl (C=O) groups is 1. The van der Waals surface area contributed by atoms with Crippen molar-refractivity contribution < 1.29 is 9.90 Å². The van der Waals surface area contributed by atoms with Gasteiger partial charge in [-0.2, -0.15) is 0 Å². The van der Waals surface area contributed by atoms with Crippen LogP contribution in [0.4, 0.5) is 0 Å². The summed E-state index contributed by atoms with van der Waals surface area (Å²) in [5.74, 6) is 0.928. The molecular weight excluding hydrogens is 226 g/mol. The molecule has 3 nitrogen and oxygen atoms in total. The molecular formula is C15H29NO2. The monoisotopic (exact) mass is 255 g/mol. The lowest BCUT2D eigenvalue weighted by Crippen LogP contribution is -2.39. The molecule has 106 valence electrons. The first kappa shape index (κ1) is 15.5. The summed E-state index contributed by atoms with van der Waals surface area (Å²) in [6.45, 7) is 4.91. The van der Waals surface area contributed by atoms with Crippen LogP contribution >= 0.6 is 0 Å². The quantitative estimate of drug-likeness (QED) is 0.700. The highest BCUT2D eigenvalue weighted by Gasteiger charge is 2.25. The highest BCUT2D eigenvalue weighted by molar-refractivity contribution is 5.75. The summed E-state index contributed by atoms with van der Waals surface area (Å²) in [5, 5.41) is 12.4. The highest BCUT2D eigenvalue weighted by Crippen LogP contribution is 2.28. The lowest BCUT2D eigenvalue weighted by molar-refractivity contribution is -0.122. The molecule has 1 fully saturated rings. The SMILES string of the molecule is CCC(CC)(CO)CNC(=O)CCC1CCCC1. The number of amides is 1. The Morgan fingerprint density at radius 3 is 2.39 bits per heavy atom. The van der Waals surface area contributed by atoms with Gasteiger partial charge in [-0.1, -0.05) is 39.5 Å². The summed E-state index contributed by atoms with van der Waals surface area (Å²) in [4.78, 5) is 11.8. The van der Waals surface area contributed by atoms with Gasteiger partial charge in [0.05, 0.1) is 6.61 Å². The first-order chi connectivity index (χ1) is 8.65. The average Bonchev–Trinajstić information content (AvgIpc) is 2.92. The minimum absolute atomic E-state index is 0.122. The first-order valence-corrected chi connectivity index (χ1v) is 7.53. The molecule has 0 heterocycles. The van der Waals surface area contributed by atoms with Gasteiger partial charge in [-0.25, -0.2) is 0 Å². The van der Waals surface area contributed by atoms with Gasteiger partial charge < -0.3 is 10.4 Å². The van der Waals surface area contributed by atoms with Crippen molar-refractivity contribution in [2.75, 3.05) is 13.2 Å². The van der Waals surface area contributed by atoms with Gasteiger partial charge in [0.25, 0.3) is 0 Å². The van der Waals surface area contributed by atoms with Gasteiger partial charge >= 0.3 is 0 Å². The van der Waals surface area contributed by atoms with Crippen molar-refractivity contribution in [3.05, 3.63) is 0 Å². The fourth-order valence-electron chi connectivity index (χ4n) is 2.79. The van der Waals surface area contributed by atoms with Crippen LogP contribution in [-0.2, 0) is 4.79 Å². The highest BCUT2D eigenvalue weighted by atomic mass is 16.3. The van der Waals surface area contributed by atoms with E-state index in [4.69, 9.17) is 0 Å². The van der Waals surface area contributed by atoms with Crippen LogP contribution in [0.1, 0.15) is 65.2 Å². The van der Waals surface area contributed by atoms with Crippen molar-refractivity contribution in [1.82, 2.24) is 5.32 Å². The molecule has 0 atom stereocenters. The Morgan fingerprint density at radius 2 is 1.89 bits per heavy atom. The number of rotatable bonds is 8. The molecule has 0 unspecified atom stereocenters. The second kappa shape index (κ2) is 7.78. The van der Waals surface area contributed by atoms with Crippen LogP contribution in [-0.4, -0.2) is 24.2 Å². The van der Waals surface area contributed by atoms with Crippen LogP contribution in [0.2, 0.25) is 0 Å². The fourth-order valence-corrected chi connectivity index (χ4v) is 2.79. The Labute approximate surface area is 111 Å². The molecule has 0 aromatic rings. The number of hydrogen-bond donors (Lipinski definition) is 2. The average molecular weight is 255 g/mol. The van der Waals surface area contributed by atoms with E-state index in [1.165, 1.54) is 25.7 Å². The number of nitrogens with one attached hydrogen (secondary N) is 1. The predicted molar refractivity (Wildman–Crippen MR) is 74.3 cm³/mol. The van der Waals surface area contributed by atoms with Crippen LogP contribution in [0, 0.1) is 11.3 Å². The van der Waals surface area contributed by atoms with Crippen LogP contribution < -0.4 is 5.32 Å². The Balaban J connectivity index is 2.22. The summed E-state index contributed by atoms with van der Waals surface area (Å²) in [6, 6.07) is 0. The number of carbonyl (C=O) groups excluding carboxylic acids is 1. The van der Waals surface area contributed by atoms with Crippen LogP contribution in [0.25, 0.3) is 0 Å². The van der Waals surface area contributed by atoms with E-state index < -0.39 is 0 Å². The summed E-state index contributed by atoms with van der Waals surface area (Å²) in [6.07, 6.45) is 8.79. The molecule has 1 amide bonds. The smallest absolute Gasteiger partial charge is 0.220 e. The summed E-state index contributed by atoms with van der Waals surface area (Å²) in [7, 11) is 0. The minimum Gasteiger partial charge on any atom is -0.396 e. The van der Waals surface area contributed by atoms with Crippen molar-refractivity contribution in [3.8, 4) is 0 Å². The first-order valence-electron chi connectivity index (χ1n) is 7.53. The van der Waals surface area contributed by atoms with Gasteiger partial charge in [0.1, 0.15) is 0 Å². The molecule has 0 aromatic carbocycles. The van der Waals surface area contributed by atoms with Crippen molar-refractivity contribution >= 4 is 5.91 Å². The van der Waals surface area contributed by atoms with E-state index in [9.17, 15) is 9.90 Å². The summed E-state index contributed by atoms with van der Waals surface area (Å²) >= 11 is 0. The number of aliphatic hydroxyl groups excluding tert-OH is 1. The molecule has 0 aromatic heterocycles. The molecule has 1 saturated carbocycles. The van der Waals surface area contributed by atoms with E-state index in [1.807, 2.05) is 0 Å². The van der Waals surface area contributed by atoms with E-state index in [2.05, 4.69) is 19.2 Å². The van der Waals surface area contributed by atoms with E-state index in [-0.39, 0.29) is 17.9 Å². The molecule has 0 aliphatic heterocycles. The lowest BCUT2D eigenvalue weighted by Gasteiger charge is -2.29. The molecule has 1 rings (SSSR count). The third-order valence-corrected chi connectivity index (χ3v) is 4.75. The zero-order valence-electron chi connectivity index (χ0n) is 12.0. The largest absolute Gasteiger partial charge is 0.396 e. The Hall–Kier alpha value is -0.570. The third kappa shape index (κ3) is 4.60. The van der Waals surface area contributed by atoms with Crippen LogP contribution in [0.15, 0.2) is 0 Å². The summed E-state index contributed by atoms with van der Waals surface area (Å²) in [5.41, 5.74) is -0.122. The van der Waals surface area contributed by atoms with Gasteiger partial charge in [0, 0.05) is 18.4 Å². The fraction of sp³-hybridized carbons (Fsp3) is 0.933. The molecule has 2 N–H and O–H groups in total. The van der Waals surface area contributed by atoms with E-state index in [1.54, 1.807) is 0 Å². The zero-order chi connectivity index (χ0) is 13.4. The van der Waals surface area contributed by atoms with Crippen molar-refractivity contribution in [2.24, 2.45) is 11.3 Å². The van der Waals surface area contributed by atoms with Gasteiger partial charge in [0.2, 0.25) is 5.91 Å². The van der Waals surface area contributed by atoms with Gasteiger partial charge in [-0.15, -0.1) is 0 Å². The maximum absolute atomic E-state index is 11.8. The Morgan fingerprint density at radius 1 is 1.28 bits per heavy atom. The van der Waals surface area contributed by atoms with E-state index in [0.29, 0.717) is 13.0 Å². The molecule has 1 aliphatic carbocycles. The molecule has 0 radical (unpaired) electrons. The van der Waals surface area contributed by atoms with Crippen molar-refractivity contribution in [1.29, 1.82) is 0 Å². The molecule has 1 aliphatic rings.